The number of hydrogen-bond donors (Lipinski definition) is 1. The largest absolute Gasteiger partial charge is 0.312 e. The number of nitrogens with zero attached hydrogens (tertiary/aromatic N) is 3. The second-order valence-electron chi connectivity index (χ2n) is 3.48. The molecule has 0 amide bonds. The number of rotatable bonds is 3. The second kappa shape index (κ2) is 4.12. The Morgan fingerprint density at radius 2 is 2.27 bits per heavy atom. The maximum Gasteiger partial charge on any atom is 0.126 e. The molecular formula is C10H14N4S. The summed E-state index contributed by atoms with van der Waals surface area (Å²) in [5.74, 6) is 0. The van der Waals surface area contributed by atoms with Crippen molar-refractivity contribution in [1.29, 1.82) is 0 Å². The van der Waals surface area contributed by atoms with Crippen LogP contribution < -0.4 is 5.32 Å². The first-order chi connectivity index (χ1) is 7.20. The zero-order valence-electron chi connectivity index (χ0n) is 9.06. The van der Waals surface area contributed by atoms with E-state index in [-0.39, 0.29) is 0 Å². The van der Waals surface area contributed by atoms with Gasteiger partial charge < -0.3 is 5.32 Å². The van der Waals surface area contributed by atoms with Crippen molar-refractivity contribution in [2.24, 2.45) is 7.05 Å². The van der Waals surface area contributed by atoms with Crippen LogP contribution >= 0.6 is 11.3 Å². The molecule has 0 saturated heterocycles. The average Bonchev–Trinajstić information content (AvgIpc) is 2.84. The Kier molecular flexibility index (Phi) is 2.83. The van der Waals surface area contributed by atoms with Crippen LogP contribution in [-0.2, 0) is 7.05 Å². The monoisotopic (exact) mass is 222 g/mol. The van der Waals surface area contributed by atoms with Crippen molar-refractivity contribution in [3.8, 4) is 10.6 Å². The third kappa shape index (κ3) is 2.08. The van der Waals surface area contributed by atoms with Gasteiger partial charge in [0, 0.05) is 35.9 Å². The molecule has 0 spiro atoms. The van der Waals surface area contributed by atoms with Gasteiger partial charge in [0.2, 0.25) is 0 Å². The van der Waals surface area contributed by atoms with E-state index in [4.69, 9.17) is 0 Å². The number of aromatic nitrogens is 3. The van der Waals surface area contributed by atoms with Gasteiger partial charge in [0.1, 0.15) is 5.01 Å². The van der Waals surface area contributed by atoms with Gasteiger partial charge in [-0.15, -0.1) is 11.3 Å². The number of nitrogens with one attached hydrogen (secondary N) is 1. The summed E-state index contributed by atoms with van der Waals surface area (Å²) in [6.07, 6.45) is 5.74. The quantitative estimate of drug-likeness (QED) is 0.861. The van der Waals surface area contributed by atoms with Crippen LogP contribution in [0, 0.1) is 0 Å². The third-order valence-corrected chi connectivity index (χ3v) is 3.56. The maximum absolute atomic E-state index is 4.39. The van der Waals surface area contributed by atoms with Crippen LogP contribution in [0.5, 0.6) is 0 Å². The molecule has 15 heavy (non-hydrogen) atoms. The predicted octanol–water partition coefficient (Wildman–Crippen LogP) is 1.82. The fourth-order valence-electron chi connectivity index (χ4n) is 1.29. The van der Waals surface area contributed by atoms with Gasteiger partial charge in [-0.2, -0.15) is 5.10 Å². The Bertz CT molecular complexity index is 446. The molecule has 2 aromatic rings. The van der Waals surface area contributed by atoms with Gasteiger partial charge in [0.05, 0.1) is 6.20 Å². The fraction of sp³-hybridized carbons (Fsp3) is 0.400. The van der Waals surface area contributed by atoms with Crippen LogP contribution in [0.3, 0.4) is 0 Å². The minimum atomic E-state index is 0.355. The molecule has 0 saturated carbocycles. The molecule has 2 aromatic heterocycles. The summed E-state index contributed by atoms with van der Waals surface area (Å²) in [5.41, 5.74) is 1.08. The Morgan fingerprint density at radius 1 is 1.47 bits per heavy atom. The molecule has 1 unspecified atom stereocenters. The molecule has 0 fully saturated rings. The van der Waals surface area contributed by atoms with E-state index in [9.17, 15) is 0 Å². The van der Waals surface area contributed by atoms with Crippen molar-refractivity contribution in [2.75, 3.05) is 7.05 Å². The highest BCUT2D eigenvalue weighted by molar-refractivity contribution is 7.15. The minimum Gasteiger partial charge on any atom is -0.312 e. The third-order valence-electron chi connectivity index (χ3n) is 2.34. The van der Waals surface area contributed by atoms with Gasteiger partial charge in [0.25, 0.3) is 0 Å². The van der Waals surface area contributed by atoms with Crippen molar-refractivity contribution in [3.05, 3.63) is 23.5 Å². The van der Waals surface area contributed by atoms with E-state index in [0.717, 1.165) is 10.6 Å². The summed E-state index contributed by atoms with van der Waals surface area (Å²) in [5, 5.41) is 8.36. The fourth-order valence-corrected chi connectivity index (χ4v) is 2.25. The normalized spacial score (nSPS) is 13.0. The van der Waals surface area contributed by atoms with E-state index in [0.29, 0.717) is 6.04 Å². The Morgan fingerprint density at radius 3 is 2.87 bits per heavy atom. The van der Waals surface area contributed by atoms with E-state index < -0.39 is 0 Å². The van der Waals surface area contributed by atoms with Crippen molar-refractivity contribution in [2.45, 2.75) is 13.0 Å². The molecule has 0 bridgehead atoms. The maximum atomic E-state index is 4.39. The van der Waals surface area contributed by atoms with Gasteiger partial charge in [-0.05, 0) is 14.0 Å². The van der Waals surface area contributed by atoms with Gasteiger partial charge in [-0.25, -0.2) is 4.98 Å². The van der Waals surface area contributed by atoms with Gasteiger partial charge in [0.15, 0.2) is 0 Å². The molecule has 2 heterocycles. The van der Waals surface area contributed by atoms with E-state index in [2.05, 4.69) is 22.3 Å². The molecule has 0 aliphatic rings. The Labute approximate surface area is 93.0 Å². The molecule has 80 valence electrons. The molecule has 4 nitrogen and oxygen atoms in total. The summed E-state index contributed by atoms with van der Waals surface area (Å²) in [4.78, 5) is 5.64. The lowest BCUT2D eigenvalue weighted by Gasteiger charge is -2.04. The zero-order valence-corrected chi connectivity index (χ0v) is 9.88. The second-order valence-corrected chi connectivity index (χ2v) is 4.54. The molecule has 5 heteroatoms. The first kappa shape index (κ1) is 10.3. The summed E-state index contributed by atoms with van der Waals surface area (Å²) in [6, 6.07) is 0.355. The van der Waals surface area contributed by atoms with Crippen LogP contribution in [0.2, 0.25) is 0 Å². The van der Waals surface area contributed by atoms with Gasteiger partial charge >= 0.3 is 0 Å². The highest BCUT2D eigenvalue weighted by Gasteiger charge is 2.10. The molecule has 0 aromatic carbocycles. The standard InChI is InChI=1S/C10H14N4S/c1-7(11-2)9-5-12-10(15-9)8-4-13-14(3)6-8/h4-7,11H,1-3H3. The SMILES string of the molecule is CNC(C)c1cnc(-c2cnn(C)c2)s1. The van der Waals surface area contributed by atoms with E-state index in [1.54, 1.807) is 16.0 Å². The average molecular weight is 222 g/mol. The topological polar surface area (TPSA) is 42.7 Å². The molecule has 1 N–H and O–H groups in total. The summed E-state index contributed by atoms with van der Waals surface area (Å²) in [6.45, 7) is 2.13. The van der Waals surface area contributed by atoms with Crippen molar-refractivity contribution < 1.29 is 0 Å². The minimum absolute atomic E-state index is 0.355. The van der Waals surface area contributed by atoms with Crippen LogP contribution in [0.1, 0.15) is 17.8 Å². The van der Waals surface area contributed by atoms with Crippen molar-refractivity contribution in [3.63, 3.8) is 0 Å². The Balaban J connectivity index is 2.27. The highest BCUT2D eigenvalue weighted by Crippen LogP contribution is 2.27. The number of aryl methyl sites for hydroxylation is 1. The van der Waals surface area contributed by atoms with Crippen LogP contribution in [-0.4, -0.2) is 21.8 Å². The van der Waals surface area contributed by atoms with E-state index >= 15 is 0 Å². The zero-order chi connectivity index (χ0) is 10.8. The molecule has 2 rings (SSSR count). The molecular weight excluding hydrogens is 208 g/mol. The first-order valence-corrected chi connectivity index (χ1v) is 5.64. The van der Waals surface area contributed by atoms with Crippen LogP contribution in [0.25, 0.3) is 10.6 Å². The molecule has 0 aliphatic heterocycles. The summed E-state index contributed by atoms with van der Waals surface area (Å²) >= 11 is 1.71. The van der Waals surface area contributed by atoms with Gasteiger partial charge in [-0.3, -0.25) is 4.68 Å². The van der Waals surface area contributed by atoms with Crippen molar-refractivity contribution >= 4 is 11.3 Å². The predicted molar refractivity (Wildman–Crippen MR) is 61.8 cm³/mol. The molecule has 0 radical (unpaired) electrons. The van der Waals surface area contributed by atoms with E-state index in [1.165, 1.54) is 4.88 Å². The first-order valence-electron chi connectivity index (χ1n) is 4.82. The highest BCUT2D eigenvalue weighted by atomic mass is 32.1. The van der Waals surface area contributed by atoms with Crippen LogP contribution in [0.15, 0.2) is 18.6 Å². The number of hydrogen-bond acceptors (Lipinski definition) is 4. The van der Waals surface area contributed by atoms with Crippen molar-refractivity contribution in [1.82, 2.24) is 20.1 Å². The number of thiazole rings is 1. The van der Waals surface area contributed by atoms with Gasteiger partial charge in [-0.1, -0.05) is 0 Å². The lowest BCUT2D eigenvalue weighted by Crippen LogP contribution is -2.10. The lowest BCUT2D eigenvalue weighted by molar-refractivity contribution is 0.662. The molecule has 1 atom stereocenters. The molecule has 0 aliphatic carbocycles. The summed E-state index contributed by atoms with van der Waals surface area (Å²) < 4.78 is 1.79. The summed E-state index contributed by atoms with van der Waals surface area (Å²) in [7, 11) is 3.86. The lowest BCUT2D eigenvalue weighted by atomic mass is 10.3. The Hall–Kier alpha value is -1.20. The smallest absolute Gasteiger partial charge is 0.126 e. The van der Waals surface area contributed by atoms with Crippen LogP contribution in [0.4, 0.5) is 0 Å². The van der Waals surface area contributed by atoms with E-state index in [1.807, 2.05) is 32.7 Å².